The van der Waals surface area contributed by atoms with Crippen LogP contribution in [0.5, 0.6) is 11.5 Å². The highest BCUT2D eigenvalue weighted by Gasteiger charge is 2.46. The van der Waals surface area contributed by atoms with E-state index in [2.05, 4.69) is 257 Å². The van der Waals surface area contributed by atoms with Crippen LogP contribution in [0.2, 0.25) is 0 Å². The summed E-state index contributed by atoms with van der Waals surface area (Å²) in [5.41, 5.74) is 25.4. The van der Waals surface area contributed by atoms with Gasteiger partial charge in [0.15, 0.2) is 11.5 Å². The van der Waals surface area contributed by atoms with Gasteiger partial charge in [0, 0.05) is 42.9 Å². The number of hydrogen-bond acceptors (Lipinski definition) is 5. The molecule has 0 aliphatic carbocycles. The van der Waals surface area contributed by atoms with Gasteiger partial charge in [-0.05, 0) is 175 Å². The third kappa shape index (κ3) is 7.85. The van der Waals surface area contributed by atoms with Crippen LogP contribution in [0.15, 0.2) is 164 Å². The van der Waals surface area contributed by atoms with Crippen LogP contribution >= 0.6 is 11.3 Å². The first kappa shape index (κ1) is 48.1. The Balaban J connectivity index is 1.10. The van der Waals surface area contributed by atoms with Gasteiger partial charge in [-0.1, -0.05) is 172 Å². The van der Waals surface area contributed by atoms with E-state index >= 15 is 0 Å². The summed E-state index contributed by atoms with van der Waals surface area (Å²) in [5, 5.41) is 2.62. The van der Waals surface area contributed by atoms with Crippen molar-refractivity contribution in [3.05, 3.63) is 197 Å². The number of thiophene rings is 1. The highest BCUT2D eigenvalue weighted by molar-refractivity contribution is 7.25. The molecular weight excluding hydrogens is 944 g/mol. The Morgan fingerprint density at radius 2 is 1.00 bits per heavy atom. The van der Waals surface area contributed by atoms with E-state index in [-0.39, 0.29) is 29.8 Å². The molecule has 0 saturated carbocycles. The Kier molecular flexibility index (Phi) is 10.9. The number of benzene rings is 9. The van der Waals surface area contributed by atoms with Crippen LogP contribution in [0, 0.1) is 20.8 Å². The van der Waals surface area contributed by atoms with Gasteiger partial charge in [0.1, 0.15) is 0 Å². The first-order chi connectivity index (χ1) is 36.3. The normalized spacial score (nSPS) is 13.9. The molecule has 4 nitrogen and oxygen atoms in total. The summed E-state index contributed by atoms with van der Waals surface area (Å²) in [7, 11) is 0. The van der Waals surface area contributed by atoms with E-state index in [9.17, 15) is 0 Å². The lowest BCUT2D eigenvalue weighted by atomic mass is 9.33. The molecule has 0 amide bonds. The minimum absolute atomic E-state index is 0.0142. The Bertz CT molecular complexity index is 3920. The monoisotopic (exact) mass is 1010 g/mol. The largest absolute Gasteiger partial charge is 0.454 e. The maximum absolute atomic E-state index is 6.62. The summed E-state index contributed by atoms with van der Waals surface area (Å²) in [5.74, 6) is 1.58. The average Bonchev–Trinajstić information content (AvgIpc) is 4.11. The van der Waals surface area contributed by atoms with Crippen molar-refractivity contribution >= 4 is 88.7 Å². The number of aryl methyl sites for hydroxylation is 3. The fourth-order valence-corrected chi connectivity index (χ4v) is 13.5. The predicted molar refractivity (Wildman–Crippen MR) is 326 cm³/mol. The quantitative estimate of drug-likeness (QED) is 0.160. The van der Waals surface area contributed by atoms with Crippen molar-refractivity contribution in [1.29, 1.82) is 0 Å². The van der Waals surface area contributed by atoms with Gasteiger partial charge in [-0.2, -0.15) is 0 Å². The Labute approximate surface area is 453 Å². The minimum Gasteiger partial charge on any atom is -0.454 e. The summed E-state index contributed by atoms with van der Waals surface area (Å²) in [4.78, 5) is 5.11. The number of ether oxygens (including phenoxy) is 2. The van der Waals surface area contributed by atoms with Crippen molar-refractivity contribution in [1.82, 2.24) is 0 Å². The first-order valence-electron chi connectivity index (χ1n) is 27.0. The SMILES string of the molecule is Cc1cc2c3c(c1)N(c1c(C)cc(C(C)(C)C)cc1C)c1c(ccc4c1OCO4)B3c1cc(-c3ccc4c(c3)sc3ccccc34)ccc1N2c1cc(-c2ccc(C(C)(C)C)cc2)cc(-c2ccc(C(C)(C)C)cc2)c1. The van der Waals surface area contributed by atoms with E-state index in [0.29, 0.717) is 0 Å². The molecule has 0 N–H and O–H groups in total. The molecule has 3 aliphatic rings. The lowest BCUT2D eigenvalue weighted by Gasteiger charge is -2.45. The van der Waals surface area contributed by atoms with Crippen molar-refractivity contribution in [3.8, 4) is 44.9 Å². The highest BCUT2D eigenvalue weighted by Crippen LogP contribution is 2.53. The molecule has 1 aromatic heterocycles. The second-order valence-electron chi connectivity index (χ2n) is 24.8. The van der Waals surface area contributed by atoms with Crippen LogP contribution in [-0.2, 0) is 16.2 Å². The van der Waals surface area contributed by atoms with Crippen LogP contribution in [0.25, 0.3) is 53.6 Å². The summed E-state index contributed by atoms with van der Waals surface area (Å²) in [6, 6.07) is 62.9. The van der Waals surface area contributed by atoms with Crippen molar-refractivity contribution in [2.75, 3.05) is 16.6 Å². The molecule has 0 unspecified atom stereocenters. The molecule has 0 atom stereocenters. The van der Waals surface area contributed by atoms with Crippen LogP contribution in [0.3, 0.4) is 0 Å². The minimum atomic E-state index is -0.127. The van der Waals surface area contributed by atoms with Crippen LogP contribution in [0.1, 0.15) is 95.7 Å². The lowest BCUT2D eigenvalue weighted by Crippen LogP contribution is -2.61. The zero-order valence-electron chi connectivity index (χ0n) is 46.0. The number of fused-ring (bicyclic) bond motifs is 9. The second kappa shape index (κ2) is 17.2. The number of nitrogens with zero attached hydrogens (tertiary/aromatic N) is 2. The van der Waals surface area contributed by atoms with Crippen molar-refractivity contribution in [2.45, 2.75) is 99.3 Å². The van der Waals surface area contributed by atoms with Gasteiger partial charge in [-0.15, -0.1) is 11.3 Å². The summed E-state index contributed by atoms with van der Waals surface area (Å²) in [6.07, 6.45) is 0. The van der Waals surface area contributed by atoms with Crippen molar-refractivity contribution < 1.29 is 9.47 Å². The van der Waals surface area contributed by atoms with Gasteiger partial charge in [0.05, 0.1) is 11.4 Å². The lowest BCUT2D eigenvalue weighted by molar-refractivity contribution is 0.174. The maximum Gasteiger partial charge on any atom is 0.252 e. The van der Waals surface area contributed by atoms with Crippen LogP contribution in [0.4, 0.5) is 34.1 Å². The van der Waals surface area contributed by atoms with E-state index < -0.39 is 0 Å². The molecule has 9 aromatic carbocycles. The molecular formula is C70H65BN2O2S. The Morgan fingerprint density at radius 3 is 1.63 bits per heavy atom. The van der Waals surface area contributed by atoms with E-state index in [0.717, 1.165) is 34.2 Å². The highest BCUT2D eigenvalue weighted by atomic mass is 32.1. The molecule has 13 rings (SSSR count). The molecule has 6 heteroatoms. The molecule has 4 heterocycles. The third-order valence-electron chi connectivity index (χ3n) is 16.3. The molecule has 0 fully saturated rings. The molecule has 0 saturated heterocycles. The second-order valence-corrected chi connectivity index (χ2v) is 25.9. The number of anilines is 6. The van der Waals surface area contributed by atoms with E-state index in [1.165, 1.54) is 115 Å². The summed E-state index contributed by atoms with van der Waals surface area (Å²) in [6.45, 7) is 27.5. The van der Waals surface area contributed by atoms with E-state index in [4.69, 9.17) is 9.47 Å². The Morgan fingerprint density at radius 1 is 0.434 bits per heavy atom. The van der Waals surface area contributed by atoms with Gasteiger partial charge in [0.25, 0.3) is 6.71 Å². The number of rotatable bonds is 5. The smallest absolute Gasteiger partial charge is 0.252 e. The van der Waals surface area contributed by atoms with Crippen LogP contribution in [-0.4, -0.2) is 13.5 Å². The molecule has 0 bridgehead atoms. The molecule has 0 spiro atoms. The van der Waals surface area contributed by atoms with Gasteiger partial charge >= 0.3 is 0 Å². The molecule has 3 aliphatic heterocycles. The van der Waals surface area contributed by atoms with Gasteiger partial charge in [-0.3, -0.25) is 0 Å². The summed E-state index contributed by atoms with van der Waals surface area (Å²) >= 11 is 1.87. The predicted octanol–water partition coefficient (Wildman–Crippen LogP) is 17.7. The molecule has 76 heavy (non-hydrogen) atoms. The Hall–Kier alpha value is -7.54. The molecule has 10 aromatic rings. The average molecular weight is 1010 g/mol. The van der Waals surface area contributed by atoms with Gasteiger partial charge < -0.3 is 19.3 Å². The summed E-state index contributed by atoms with van der Waals surface area (Å²) < 4.78 is 15.5. The van der Waals surface area contributed by atoms with E-state index in [1.807, 2.05) is 11.3 Å². The topological polar surface area (TPSA) is 24.9 Å². The fourth-order valence-electron chi connectivity index (χ4n) is 12.3. The zero-order valence-corrected chi connectivity index (χ0v) is 46.8. The van der Waals surface area contributed by atoms with Gasteiger partial charge in [-0.25, -0.2) is 0 Å². The molecule has 376 valence electrons. The van der Waals surface area contributed by atoms with E-state index in [1.54, 1.807) is 0 Å². The fraction of sp³-hybridized carbons (Fsp3) is 0.229. The molecule has 0 radical (unpaired) electrons. The van der Waals surface area contributed by atoms with Crippen LogP contribution < -0.4 is 35.7 Å². The van der Waals surface area contributed by atoms with Gasteiger partial charge in [0.2, 0.25) is 6.79 Å². The third-order valence-corrected chi connectivity index (χ3v) is 17.5. The van der Waals surface area contributed by atoms with Crippen molar-refractivity contribution in [2.24, 2.45) is 0 Å². The zero-order chi connectivity index (χ0) is 52.7. The standard InChI is InChI=1S/C70H65BN2O2S/c1-41-31-59-64-60(32-41)73(65-42(2)33-52(34-43(65)3)70(10,11)12)66-56(28-30-61-67(66)75-40-74-61)71(64)57-38-46(47-21-27-55-54-15-13-14-16-62(54)76-63(55)39-47)22-29-58(57)72(59)53-36-48(44-17-23-50(24-18-44)68(4,5)6)35-49(37-53)45-19-25-51(26-20-45)69(7,8)9/h13-39H,40H2,1-12H3. The first-order valence-corrected chi connectivity index (χ1v) is 27.8. The van der Waals surface area contributed by atoms with Crippen molar-refractivity contribution in [3.63, 3.8) is 0 Å². The maximum atomic E-state index is 6.62. The number of hydrogen-bond donors (Lipinski definition) is 0.